The van der Waals surface area contributed by atoms with Crippen LogP contribution in [-0.4, -0.2) is 11.1 Å². The number of hydrogen-bond donors (Lipinski definition) is 1. The lowest BCUT2D eigenvalue weighted by Crippen LogP contribution is -2.03. The van der Waals surface area contributed by atoms with E-state index in [-0.39, 0.29) is 0 Å². The second-order valence-corrected chi connectivity index (χ2v) is 4.37. The highest BCUT2D eigenvalue weighted by atomic mass is 19.2. The highest BCUT2D eigenvalue weighted by molar-refractivity contribution is 5.87. The monoisotopic (exact) mass is 318 g/mol. The maximum atomic E-state index is 12.4. The molecule has 0 fully saturated rings. The zero-order valence-corrected chi connectivity index (χ0v) is 11.6. The smallest absolute Gasteiger partial charge is 0.335 e. The third-order valence-corrected chi connectivity index (χ3v) is 2.73. The Labute approximate surface area is 122 Å². The quantitative estimate of drug-likeness (QED) is 0.481. The molecule has 0 unspecified atom stereocenters. The first-order valence-corrected chi connectivity index (χ1v) is 5.94. The minimum Gasteiger partial charge on any atom is -0.478 e. The van der Waals surface area contributed by atoms with E-state index in [9.17, 15) is 26.7 Å². The zero-order chi connectivity index (χ0) is 17.0. The maximum Gasteiger partial charge on any atom is 0.335 e. The highest BCUT2D eigenvalue weighted by Crippen LogP contribution is 2.21. The number of carboxylic acid groups (broad SMARTS) is 1. The van der Waals surface area contributed by atoms with Gasteiger partial charge in [0.2, 0.25) is 5.82 Å². The Hall–Kier alpha value is -2.44. The third kappa shape index (κ3) is 3.81. The van der Waals surface area contributed by atoms with E-state index in [1.807, 2.05) is 6.92 Å². The molecule has 0 aliphatic carbocycles. The predicted molar refractivity (Wildman–Crippen MR) is 69.1 cm³/mol. The molecule has 2 aromatic carbocycles. The molecule has 2 aromatic rings. The van der Waals surface area contributed by atoms with Gasteiger partial charge in [0.05, 0.1) is 5.56 Å². The normalized spacial score (nSPS) is 9.95. The average Bonchev–Trinajstić information content (AvgIpc) is 2.50. The van der Waals surface area contributed by atoms with Crippen molar-refractivity contribution in [2.45, 2.75) is 13.8 Å². The molecule has 0 bridgehead atoms. The minimum absolute atomic E-state index is 0.339. The van der Waals surface area contributed by atoms with Crippen molar-refractivity contribution in [1.82, 2.24) is 0 Å². The van der Waals surface area contributed by atoms with E-state index >= 15 is 0 Å². The number of halogens is 5. The summed E-state index contributed by atoms with van der Waals surface area (Å²) >= 11 is 0. The molecule has 0 aliphatic heterocycles. The Morgan fingerprint density at radius 1 is 0.773 bits per heavy atom. The molecule has 0 radical (unpaired) electrons. The van der Waals surface area contributed by atoms with Crippen LogP contribution in [0, 0.1) is 42.9 Å². The molecule has 22 heavy (non-hydrogen) atoms. The molecule has 2 rings (SSSR count). The fraction of sp³-hybridized carbons (Fsp3) is 0.133. The Kier molecular flexibility index (Phi) is 5.62. The standard InChI is InChI=1S/C8H8O2.C7H3F5/c1-6-2-4-7(5-3-6)8(9)10;1-2-3(8)5(10)7(12)6(11)4(2)9/h2-5H,1H3,(H,9,10);1H3. The topological polar surface area (TPSA) is 37.3 Å². The number of hydrogen-bond acceptors (Lipinski definition) is 1. The van der Waals surface area contributed by atoms with Crippen LogP contribution in [-0.2, 0) is 0 Å². The van der Waals surface area contributed by atoms with E-state index in [2.05, 4.69) is 0 Å². The molecule has 0 saturated carbocycles. The summed E-state index contributed by atoms with van der Waals surface area (Å²) in [5.74, 6) is -10.4. The van der Waals surface area contributed by atoms with Crippen LogP contribution in [0.15, 0.2) is 24.3 Å². The zero-order valence-electron chi connectivity index (χ0n) is 11.6. The van der Waals surface area contributed by atoms with Crippen LogP contribution in [0.2, 0.25) is 0 Å². The largest absolute Gasteiger partial charge is 0.478 e. The van der Waals surface area contributed by atoms with Gasteiger partial charge in [-0.05, 0) is 26.0 Å². The van der Waals surface area contributed by atoms with E-state index in [0.717, 1.165) is 12.5 Å². The third-order valence-electron chi connectivity index (χ3n) is 2.73. The summed E-state index contributed by atoms with van der Waals surface area (Å²) in [6, 6.07) is 6.75. The first-order valence-electron chi connectivity index (χ1n) is 5.94. The van der Waals surface area contributed by atoms with E-state index < -0.39 is 40.6 Å². The molecule has 118 valence electrons. The SMILES string of the molecule is Cc1c(F)c(F)c(F)c(F)c1F.Cc1ccc(C(=O)O)cc1. The molecule has 1 N–H and O–H groups in total. The van der Waals surface area contributed by atoms with E-state index in [1.54, 1.807) is 24.3 Å². The van der Waals surface area contributed by atoms with Gasteiger partial charge in [0, 0.05) is 5.56 Å². The number of aromatic carboxylic acids is 1. The van der Waals surface area contributed by atoms with Crippen molar-refractivity contribution in [2.75, 3.05) is 0 Å². The van der Waals surface area contributed by atoms with Crippen LogP contribution in [0.1, 0.15) is 21.5 Å². The average molecular weight is 318 g/mol. The maximum absolute atomic E-state index is 12.4. The van der Waals surface area contributed by atoms with Crippen molar-refractivity contribution < 1.29 is 31.9 Å². The molecule has 0 spiro atoms. The first-order chi connectivity index (χ1) is 10.2. The lowest BCUT2D eigenvalue weighted by Gasteiger charge is -2.02. The van der Waals surface area contributed by atoms with Crippen LogP contribution in [0.5, 0.6) is 0 Å². The van der Waals surface area contributed by atoms with Gasteiger partial charge in [-0.15, -0.1) is 0 Å². The second-order valence-electron chi connectivity index (χ2n) is 4.37. The molecule has 2 nitrogen and oxygen atoms in total. The Morgan fingerprint density at radius 3 is 1.50 bits per heavy atom. The highest BCUT2D eigenvalue weighted by Gasteiger charge is 2.22. The summed E-state index contributed by atoms with van der Waals surface area (Å²) < 4.78 is 61.6. The summed E-state index contributed by atoms with van der Waals surface area (Å²) in [6.45, 7) is 2.74. The molecule has 0 saturated heterocycles. The summed E-state index contributed by atoms with van der Waals surface area (Å²) in [5, 5.41) is 8.48. The Bertz CT molecular complexity index is 591. The van der Waals surface area contributed by atoms with Gasteiger partial charge in [-0.1, -0.05) is 17.7 Å². The van der Waals surface area contributed by atoms with Crippen LogP contribution in [0.4, 0.5) is 22.0 Å². The van der Waals surface area contributed by atoms with E-state index in [0.29, 0.717) is 5.56 Å². The number of benzene rings is 2. The number of aryl methyl sites for hydroxylation is 1. The van der Waals surface area contributed by atoms with E-state index in [4.69, 9.17) is 5.11 Å². The Morgan fingerprint density at radius 2 is 1.14 bits per heavy atom. The second kappa shape index (κ2) is 7.02. The summed E-state index contributed by atoms with van der Waals surface area (Å²) in [6.07, 6.45) is 0. The molecule has 7 heteroatoms. The predicted octanol–water partition coefficient (Wildman–Crippen LogP) is 4.38. The molecular formula is C15H11F5O2. The lowest BCUT2D eigenvalue weighted by molar-refractivity contribution is 0.0697. The molecule has 0 amide bonds. The number of carboxylic acids is 1. The van der Waals surface area contributed by atoms with Crippen LogP contribution in [0.25, 0.3) is 0 Å². The molecule has 0 aromatic heterocycles. The van der Waals surface area contributed by atoms with Gasteiger partial charge in [-0.25, -0.2) is 26.7 Å². The van der Waals surface area contributed by atoms with Gasteiger partial charge in [0.25, 0.3) is 0 Å². The molecular weight excluding hydrogens is 307 g/mol. The van der Waals surface area contributed by atoms with Crippen LogP contribution < -0.4 is 0 Å². The first kappa shape index (κ1) is 17.6. The van der Waals surface area contributed by atoms with Crippen molar-refractivity contribution in [2.24, 2.45) is 0 Å². The van der Waals surface area contributed by atoms with Gasteiger partial charge < -0.3 is 5.11 Å². The number of carbonyl (C=O) groups is 1. The molecule has 0 heterocycles. The van der Waals surface area contributed by atoms with Crippen molar-refractivity contribution in [3.8, 4) is 0 Å². The van der Waals surface area contributed by atoms with Crippen molar-refractivity contribution in [1.29, 1.82) is 0 Å². The fourth-order valence-corrected chi connectivity index (χ4v) is 1.41. The van der Waals surface area contributed by atoms with Crippen molar-refractivity contribution >= 4 is 5.97 Å². The van der Waals surface area contributed by atoms with Gasteiger partial charge in [0.15, 0.2) is 23.3 Å². The molecule has 0 atom stereocenters. The summed E-state index contributed by atoms with van der Waals surface area (Å²) in [7, 11) is 0. The van der Waals surface area contributed by atoms with Gasteiger partial charge in [-0.3, -0.25) is 0 Å². The van der Waals surface area contributed by atoms with Crippen molar-refractivity contribution in [3.05, 3.63) is 70.0 Å². The lowest BCUT2D eigenvalue weighted by atomic mass is 10.2. The van der Waals surface area contributed by atoms with Gasteiger partial charge in [-0.2, -0.15) is 0 Å². The van der Waals surface area contributed by atoms with Gasteiger partial charge in [0.1, 0.15) is 0 Å². The van der Waals surface area contributed by atoms with Gasteiger partial charge >= 0.3 is 5.97 Å². The Balaban J connectivity index is 0.000000224. The molecule has 0 aliphatic rings. The summed E-state index contributed by atoms with van der Waals surface area (Å²) in [5.41, 5.74) is 0.544. The van der Waals surface area contributed by atoms with E-state index in [1.165, 1.54) is 0 Å². The van der Waals surface area contributed by atoms with Crippen LogP contribution >= 0.6 is 0 Å². The fourth-order valence-electron chi connectivity index (χ4n) is 1.41. The van der Waals surface area contributed by atoms with Crippen LogP contribution in [0.3, 0.4) is 0 Å². The van der Waals surface area contributed by atoms with Crippen molar-refractivity contribution in [3.63, 3.8) is 0 Å². The number of rotatable bonds is 1. The minimum atomic E-state index is -2.13. The summed E-state index contributed by atoms with van der Waals surface area (Å²) in [4.78, 5) is 10.3.